The molecule has 0 aromatic carbocycles. The van der Waals surface area contributed by atoms with Crippen LogP contribution in [0.5, 0.6) is 0 Å². The smallest absolute Gasteiger partial charge is 0.220 e. The summed E-state index contributed by atoms with van der Waals surface area (Å²) < 4.78 is 5.02. The molecule has 4 heteroatoms. The summed E-state index contributed by atoms with van der Waals surface area (Å²) >= 11 is 0. The summed E-state index contributed by atoms with van der Waals surface area (Å²) in [7, 11) is 1.65. The molecule has 0 aliphatic rings. The molecule has 0 bridgehead atoms. The summed E-state index contributed by atoms with van der Waals surface area (Å²) in [5.41, 5.74) is 5.32. The van der Waals surface area contributed by atoms with E-state index in [0.717, 1.165) is 19.3 Å². The normalized spacial score (nSPS) is 12.5. The lowest BCUT2D eigenvalue weighted by Gasteiger charge is -2.16. The zero-order chi connectivity index (χ0) is 10.8. The van der Waals surface area contributed by atoms with E-state index in [1.165, 1.54) is 0 Å². The average Bonchev–Trinajstić information content (AvgIpc) is 2.15. The molecule has 0 aliphatic heterocycles. The number of hydrogen-bond acceptors (Lipinski definition) is 3. The maximum absolute atomic E-state index is 11.3. The fourth-order valence-corrected chi connectivity index (χ4v) is 1.31. The SMILES string of the molecule is CCCC(COC)NC(=O)CCCN. The Labute approximate surface area is 86.2 Å². The predicted molar refractivity (Wildman–Crippen MR) is 57.0 cm³/mol. The predicted octanol–water partition coefficient (Wildman–Crippen LogP) is 0.657. The summed E-state index contributed by atoms with van der Waals surface area (Å²) in [6.45, 7) is 3.24. The van der Waals surface area contributed by atoms with E-state index >= 15 is 0 Å². The first-order valence-electron chi connectivity index (χ1n) is 5.23. The van der Waals surface area contributed by atoms with Crippen LogP contribution in [-0.2, 0) is 9.53 Å². The third-order valence-corrected chi connectivity index (χ3v) is 1.98. The molecular formula is C10H22N2O2. The van der Waals surface area contributed by atoms with E-state index in [4.69, 9.17) is 10.5 Å². The van der Waals surface area contributed by atoms with Gasteiger partial charge in [0.1, 0.15) is 0 Å². The number of rotatable bonds is 8. The van der Waals surface area contributed by atoms with Gasteiger partial charge in [0.15, 0.2) is 0 Å². The standard InChI is InChI=1S/C10H22N2O2/c1-3-5-9(8-14-2)12-10(13)6-4-7-11/h9H,3-8,11H2,1-2H3,(H,12,13). The number of nitrogens with two attached hydrogens (primary N) is 1. The maximum Gasteiger partial charge on any atom is 0.220 e. The molecule has 4 nitrogen and oxygen atoms in total. The molecule has 0 aliphatic carbocycles. The van der Waals surface area contributed by atoms with Gasteiger partial charge in [0.05, 0.1) is 12.6 Å². The minimum atomic E-state index is 0.0750. The van der Waals surface area contributed by atoms with Crippen LogP contribution in [0.1, 0.15) is 32.6 Å². The van der Waals surface area contributed by atoms with E-state index < -0.39 is 0 Å². The van der Waals surface area contributed by atoms with Crippen molar-refractivity contribution in [3.63, 3.8) is 0 Å². The minimum Gasteiger partial charge on any atom is -0.383 e. The Kier molecular flexibility index (Phi) is 8.57. The van der Waals surface area contributed by atoms with Crippen molar-refractivity contribution in [2.45, 2.75) is 38.6 Å². The summed E-state index contributed by atoms with van der Waals surface area (Å²) in [4.78, 5) is 11.3. The minimum absolute atomic E-state index is 0.0750. The lowest BCUT2D eigenvalue weighted by Crippen LogP contribution is -2.38. The van der Waals surface area contributed by atoms with Crippen LogP contribution in [0.2, 0.25) is 0 Å². The second-order valence-corrected chi connectivity index (χ2v) is 3.40. The fourth-order valence-electron chi connectivity index (χ4n) is 1.31. The van der Waals surface area contributed by atoms with Crippen molar-refractivity contribution in [1.82, 2.24) is 5.32 Å². The van der Waals surface area contributed by atoms with Crippen LogP contribution in [0.15, 0.2) is 0 Å². The van der Waals surface area contributed by atoms with Gasteiger partial charge in [-0.15, -0.1) is 0 Å². The van der Waals surface area contributed by atoms with Gasteiger partial charge in [-0.1, -0.05) is 13.3 Å². The number of carbonyl (C=O) groups excluding carboxylic acids is 1. The molecule has 84 valence electrons. The van der Waals surface area contributed by atoms with Crippen LogP contribution in [0.4, 0.5) is 0 Å². The van der Waals surface area contributed by atoms with E-state index in [2.05, 4.69) is 12.2 Å². The molecule has 0 aromatic rings. The number of methoxy groups -OCH3 is 1. The van der Waals surface area contributed by atoms with Gasteiger partial charge in [-0.3, -0.25) is 4.79 Å². The average molecular weight is 202 g/mol. The van der Waals surface area contributed by atoms with Crippen molar-refractivity contribution in [2.75, 3.05) is 20.3 Å². The van der Waals surface area contributed by atoms with Crippen molar-refractivity contribution in [1.29, 1.82) is 0 Å². The fraction of sp³-hybridized carbons (Fsp3) is 0.900. The van der Waals surface area contributed by atoms with Gasteiger partial charge in [0, 0.05) is 13.5 Å². The number of amides is 1. The molecule has 0 radical (unpaired) electrons. The first kappa shape index (κ1) is 13.4. The van der Waals surface area contributed by atoms with Gasteiger partial charge >= 0.3 is 0 Å². The van der Waals surface area contributed by atoms with Gasteiger partial charge in [-0.05, 0) is 19.4 Å². The molecular weight excluding hydrogens is 180 g/mol. The molecule has 0 saturated heterocycles. The maximum atomic E-state index is 11.3. The van der Waals surface area contributed by atoms with E-state index in [0.29, 0.717) is 19.6 Å². The summed E-state index contributed by atoms with van der Waals surface area (Å²) in [5, 5.41) is 2.93. The first-order chi connectivity index (χ1) is 6.74. The Morgan fingerprint density at radius 3 is 2.79 bits per heavy atom. The van der Waals surface area contributed by atoms with E-state index in [1.807, 2.05) is 0 Å². The van der Waals surface area contributed by atoms with E-state index in [9.17, 15) is 4.79 Å². The third kappa shape index (κ3) is 6.86. The summed E-state index contributed by atoms with van der Waals surface area (Å²) in [5.74, 6) is 0.0750. The molecule has 1 amide bonds. The summed E-state index contributed by atoms with van der Waals surface area (Å²) in [6.07, 6.45) is 3.27. The lowest BCUT2D eigenvalue weighted by molar-refractivity contribution is -0.122. The third-order valence-electron chi connectivity index (χ3n) is 1.98. The Balaban J connectivity index is 3.71. The summed E-state index contributed by atoms with van der Waals surface area (Å²) in [6, 6.07) is 0.148. The Bertz CT molecular complexity index is 145. The largest absolute Gasteiger partial charge is 0.383 e. The van der Waals surface area contributed by atoms with Gasteiger partial charge in [-0.2, -0.15) is 0 Å². The highest BCUT2D eigenvalue weighted by molar-refractivity contribution is 5.76. The highest BCUT2D eigenvalue weighted by Gasteiger charge is 2.10. The molecule has 0 aromatic heterocycles. The van der Waals surface area contributed by atoms with Gasteiger partial charge in [-0.25, -0.2) is 0 Å². The molecule has 3 N–H and O–H groups in total. The number of hydrogen-bond donors (Lipinski definition) is 2. The highest BCUT2D eigenvalue weighted by Crippen LogP contribution is 1.98. The molecule has 14 heavy (non-hydrogen) atoms. The second kappa shape index (κ2) is 8.97. The van der Waals surface area contributed by atoms with Gasteiger partial charge in [0.2, 0.25) is 5.91 Å². The van der Waals surface area contributed by atoms with E-state index in [-0.39, 0.29) is 11.9 Å². The van der Waals surface area contributed by atoms with E-state index in [1.54, 1.807) is 7.11 Å². The molecule has 0 rings (SSSR count). The van der Waals surface area contributed by atoms with Gasteiger partial charge < -0.3 is 15.8 Å². The van der Waals surface area contributed by atoms with Crippen LogP contribution in [0.25, 0.3) is 0 Å². The molecule has 0 fully saturated rings. The quantitative estimate of drug-likeness (QED) is 0.607. The van der Waals surface area contributed by atoms with Crippen LogP contribution in [0.3, 0.4) is 0 Å². The molecule has 1 atom stereocenters. The first-order valence-corrected chi connectivity index (χ1v) is 5.23. The topological polar surface area (TPSA) is 64.3 Å². The van der Waals surface area contributed by atoms with Crippen LogP contribution in [-0.4, -0.2) is 32.2 Å². The number of nitrogens with one attached hydrogen (secondary N) is 1. The van der Waals surface area contributed by atoms with Crippen LogP contribution < -0.4 is 11.1 Å². The van der Waals surface area contributed by atoms with Gasteiger partial charge in [0.25, 0.3) is 0 Å². The molecule has 0 saturated carbocycles. The Morgan fingerprint density at radius 1 is 1.57 bits per heavy atom. The van der Waals surface area contributed by atoms with Crippen molar-refractivity contribution < 1.29 is 9.53 Å². The van der Waals surface area contributed by atoms with Crippen molar-refractivity contribution >= 4 is 5.91 Å². The second-order valence-electron chi connectivity index (χ2n) is 3.40. The molecule has 0 heterocycles. The number of ether oxygens (including phenoxy) is 1. The zero-order valence-corrected chi connectivity index (χ0v) is 9.21. The lowest BCUT2D eigenvalue weighted by atomic mass is 10.1. The molecule has 0 spiro atoms. The Morgan fingerprint density at radius 2 is 2.29 bits per heavy atom. The Hall–Kier alpha value is -0.610. The van der Waals surface area contributed by atoms with Crippen molar-refractivity contribution in [2.24, 2.45) is 5.73 Å². The number of carbonyl (C=O) groups is 1. The van der Waals surface area contributed by atoms with Crippen molar-refractivity contribution in [3.8, 4) is 0 Å². The highest BCUT2D eigenvalue weighted by atomic mass is 16.5. The monoisotopic (exact) mass is 202 g/mol. The van der Waals surface area contributed by atoms with Crippen LogP contribution in [0, 0.1) is 0 Å². The zero-order valence-electron chi connectivity index (χ0n) is 9.21. The molecule has 1 unspecified atom stereocenters. The van der Waals surface area contributed by atoms with Crippen LogP contribution >= 0.6 is 0 Å². The van der Waals surface area contributed by atoms with Crippen molar-refractivity contribution in [3.05, 3.63) is 0 Å².